The van der Waals surface area contributed by atoms with Crippen LogP contribution in [-0.2, 0) is 9.53 Å². The van der Waals surface area contributed by atoms with Gasteiger partial charge in [-0.1, -0.05) is 29.8 Å². The van der Waals surface area contributed by atoms with Crippen molar-refractivity contribution >= 4 is 17.5 Å². The topological polar surface area (TPSA) is 58.6 Å². The average molecular weight is 342 g/mol. The van der Waals surface area contributed by atoms with Crippen LogP contribution in [0, 0.1) is 12.7 Å². The molecule has 0 aliphatic carbocycles. The Labute approximate surface area is 145 Å². The molecule has 1 aliphatic rings. The Morgan fingerprint density at radius 2 is 1.96 bits per heavy atom. The molecule has 130 valence electrons. The van der Waals surface area contributed by atoms with Crippen molar-refractivity contribution in [2.75, 3.05) is 24.6 Å². The van der Waals surface area contributed by atoms with Gasteiger partial charge in [0, 0.05) is 12.2 Å². The van der Waals surface area contributed by atoms with Crippen LogP contribution in [0.2, 0.25) is 0 Å². The van der Waals surface area contributed by atoms with Crippen LogP contribution in [0.4, 0.5) is 10.1 Å². The highest BCUT2D eigenvalue weighted by molar-refractivity contribution is 5.95. The van der Waals surface area contributed by atoms with Crippen LogP contribution in [0.15, 0.2) is 48.5 Å². The third kappa shape index (κ3) is 4.03. The lowest BCUT2D eigenvalue weighted by Crippen LogP contribution is -2.50. The molecule has 6 heteroatoms. The maximum Gasteiger partial charge on any atom is 0.254 e. The van der Waals surface area contributed by atoms with Gasteiger partial charge < -0.3 is 15.0 Å². The Kier molecular flexibility index (Phi) is 5.09. The quantitative estimate of drug-likeness (QED) is 0.927. The monoisotopic (exact) mass is 342 g/mol. The number of aryl methyl sites for hydroxylation is 1. The molecule has 1 atom stereocenters. The van der Waals surface area contributed by atoms with E-state index in [4.69, 9.17) is 4.74 Å². The molecule has 1 fully saturated rings. The molecule has 1 saturated heterocycles. The number of nitrogens with one attached hydrogen (secondary N) is 1. The number of carbonyl (C=O) groups is 2. The van der Waals surface area contributed by atoms with Gasteiger partial charge in [0.2, 0.25) is 0 Å². The fourth-order valence-electron chi connectivity index (χ4n) is 2.67. The second kappa shape index (κ2) is 7.44. The number of morpholine rings is 1. The summed E-state index contributed by atoms with van der Waals surface area (Å²) in [7, 11) is 0. The number of carbonyl (C=O) groups excluding carboxylic acids is 2. The Hall–Kier alpha value is -2.73. The maximum atomic E-state index is 13.6. The lowest BCUT2D eigenvalue weighted by Gasteiger charge is -2.33. The average Bonchev–Trinajstić information content (AvgIpc) is 2.62. The fraction of sp³-hybridized carbons (Fsp3) is 0.263. The van der Waals surface area contributed by atoms with Crippen molar-refractivity contribution in [1.29, 1.82) is 0 Å². The van der Waals surface area contributed by atoms with Gasteiger partial charge in [-0.25, -0.2) is 4.39 Å². The van der Waals surface area contributed by atoms with E-state index in [9.17, 15) is 14.0 Å². The molecule has 25 heavy (non-hydrogen) atoms. The van der Waals surface area contributed by atoms with Crippen LogP contribution in [0.25, 0.3) is 0 Å². The highest BCUT2D eigenvalue weighted by atomic mass is 19.1. The lowest BCUT2D eigenvalue weighted by atomic mass is 10.1. The van der Waals surface area contributed by atoms with Crippen molar-refractivity contribution < 1.29 is 18.7 Å². The minimum atomic E-state index is -0.568. The number of amides is 2. The number of nitrogens with zero attached hydrogens (tertiary/aromatic N) is 1. The molecule has 2 aromatic carbocycles. The zero-order valence-corrected chi connectivity index (χ0v) is 13.9. The summed E-state index contributed by atoms with van der Waals surface area (Å²) in [6.07, 6.45) is -0.352. The zero-order valence-electron chi connectivity index (χ0n) is 13.9. The largest absolute Gasteiger partial charge is 0.365 e. The number of ether oxygens (including phenoxy) is 1. The van der Waals surface area contributed by atoms with Crippen LogP contribution >= 0.6 is 0 Å². The predicted octanol–water partition coefficient (Wildman–Crippen LogP) is 2.30. The number of benzene rings is 2. The van der Waals surface area contributed by atoms with E-state index in [0.29, 0.717) is 6.54 Å². The van der Waals surface area contributed by atoms with Crippen LogP contribution in [0.1, 0.15) is 15.9 Å². The third-order valence-corrected chi connectivity index (χ3v) is 4.08. The predicted molar refractivity (Wildman–Crippen MR) is 92.0 cm³/mol. The number of anilines is 1. The van der Waals surface area contributed by atoms with E-state index in [0.717, 1.165) is 11.3 Å². The molecule has 1 N–H and O–H groups in total. The van der Waals surface area contributed by atoms with Gasteiger partial charge in [0.15, 0.2) is 0 Å². The number of halogens is 1. The molecule has 1 unspecified atom stereocenters. The number of hydrogen-bond acceptors (Lipinski definition) is 3. The molecule has 1 heterocycles. The molecule has 1 aliphatic heterocycles. The first-order chi connectivity index (χ1) is 12.0. The molecular weight excluding hydrogens is 323 g/mol. The van der Waals surface area contributed by atoms with Gasteiger partial charge in [-0.15, -0.1) is 0 Å². The van der Waals surface area contributed by atoms with Gasteiger partial charge in [0.05, 0.1) is 18.2 Å². The molecular formula is C19H19FN2O3. The third-order valence-electron chi connectivity index (χ3n) is 4.08. The molecule has 3 rings (SSSR count). The summed E-state index contributed by atoms with van der Waals surface area (Å²) in [6.45, 7) is 2.46. The highest BCUT2D eigenvalue weighted by Crippen LogP contribution is 2.19. The van der Waals surface area contributed by atoms with Crippen molar-refractivity contribution in [3.63, 3.8) is 0 Å². The van der Waals surface area contributed by atoms with E-state index in [1.807, 2.05) is 31.2 Å². The molecule has 0 radical (unpaired) electrons. The van der Waals surface area contributed by atoms with Gasteiger partial charge in [0.1, 0.15) is 12.4 Å². The summed E-state index contributed by atoms with van der Waals surface area (Å²) >= 11 is 0. The van der Waals surface area contributed by atoms with Gasteiger partial charge in [-0.3, -0.25) is 9.59 Å². The summed E-state index contributed by atoms with van der Waals surface area (Å²) in [5, 5.41) is 2.66. The molecule has 2 aromatic rings. The van der Waals surface area contributed by atoms with E-state index in [1.165, 1.54) is 18.2 Å². The van der Waals surface area contributed by atoms with E-state index in [1.54, 1.807) is 11.0 Å². The molecule has 0 spiro atoms. The van der Waals surface area contributed by atoms with Gasteiger partial charge in [0.25, 0.3) is 11.8 Å². The van der Waals surface area contributed by atoms with Gasteiger partial charge in [-0.05, 0) is 31.2 Å². The molecule has 5 nitrogen and oxygen atoms in total. The standard InChI is InChI=1S/C19H19FN2O3/c1-13-6-8-14(9-7-13)22-11-15(25-12-18(22)23)10-21-19(24)16-4-2-3-5-17(16)20/h2-9,15H,10-12H2,1H3,(H,21,24). The van der Waals surface area contributed by atoms with Crippen molar-refractivity contribution in [1.82, 2.24) is 5.32 Å². The highest BCUT2D eigenvalue weighted by Gasteiger charge is 2.27. The minimum Gasteiger partial charge on any atom is -0.365 e. The van der Waals surface area contributed by atoms with Crippen molar-refractivity contribution in [2.45, 2.75) is 13.0 Å². The normalized spacial score (nSPS) is 17.4. The summed E-state index contributed by atoms with van der Waals surface area (Å²) < 4.78 is 19.1. The summed E-state index contributed by atoms with van der Waals surface area (Å²) in [5.41, 5.74) is 1.90. The van der Waals surface area contributed by atoms with Crippen molar-refractivity contribution in [3.8, 4) is 0 Å². The Bertz CT molecular complexity index is 776. The lowest BCUT2D eigenvalue weighted by molar-refractivity contribution is -0.129. The van der Waals surface area contributed by atoms with E-state index < -0.39 is 11.7 Å². The second-order valence-electron chi connectivity index (χ2n) is 5.96. The first-order valence-electron chi connectivity index (χ1n) is 8.06. The first kappa shape index (κ1) is 17.1. The number of hydrogen-bond donors (Lipinski definition) is 1. The smallest absolute Gasteiger partial charge is 0.254 e. The van der Waals surface area contributed by atoms with Crippen molar-refractivity contribution in [2.24, 2.45) is 0 Å². The Morgan fingerprint density at radius 1 is 1.24 bits per heavy atom. The van der Waals surface area contributed by atoms with Gasteiger partial charge >= 0.3 is 0 Å². The van der Waals surface area contributed by atoms with E-state index >= 15 is 0 Å². The molecule has 0 bridgehead atoms. The van der Waals surface area contributed by atoms with Crippen molar-refractivity contribution in [3.05, 3.63) is 65.5 Å². The Balaban J connectivity index is 1.62. The fourth-order valence-corrected chi connectivity index (χ4v) is 2.67. The van der Waals surface area contributed by atoms with Crippen LogP contribution in [-0.4, -0.2) is 37.6 Å². The SMILES string of the molecule is Cc1ccc(N2CC(CNC(=O)c3ccccc3F)OCC2=O)cc1. The molecule has 2 amide bonds. The zero-order chi connectivity index (χ0) is 17.8. The minimum absolute atomic E-state index is 0.00947. The number of rotatable bonds is 4. The Morgan fingerprint density at radius 3 is 2.68 bits per heavy atom. The van der Waals surface area contributed by atoms with Crippen LogP contribution in [0.5, 0.6) is 0 Å². The first-order valence-corrected chi connectivity index (χ1v) is 8.06. The second-order valence-corrected chi connectivity index (χ2v) is 5.96. The molecule has 0 saturated carbocycles. The summed E-state index contributed by atoms with van der Waals surface area (Å²) in [6, 6.07) is 13.4. The molecule has 0 aromatic heterocycles. The summed E-state index contributed by atoms with van der Waals surface area (Å²) in [4.78, 5) is 25.8. The van der Waals surface area contributed by atoms with Crippen LogP contribution < -0.4 is 10.2 Å². The maximum absolute atomic E-state index is 13.6. The van der Waals surface area contributed by atoms with Gasteiger partial charge in [-0.2, -0.15) is 0 Å². The van der Waals surface area contributed by atoms with E-state index in [2.05, 4.69) is 5.32 Å². The van der Waals surface area contributed by atoms with Crippen LogP contribution in [0.3, 0.4) is 0 Å². The summed E-state index contributed by atoms with van der Waals surface area (Å²) in [5.74, 6) is -1.19. The van der Waals surface area contributed by atoms with E-state index in [-0.39, 0.29) is 30.7 Å².